The third-order valence-corrected chi connectivity index (χ3v) is 5.33. The van der Waals surface area contributed by atoms with Gasteiger partial charge in [-0.25, -0.2) is 0 Å². The van der Waals surface area contributed by atoms with Gasteiger partial charge in [0, 0.05) is 13.1 Å². The molecule has 0 spiro atoms. The molecule has 1 fully saturated rings. The first-order valence-corrected chi connectivity index (χ1v) is 8.62. The van der Waals surface area contributed by atoms with Crippen molar-refractivity contribution in [1.29, 1.82) is 0 Å². The van der Waals surface area contributed by atoms with E-state index in [1.165, 1.54) is 0 Å². The fraction of sp³-hybridized carbons (Fsp3) is 0.450. The Morgan fingerprint density at radius 3 is 2.50 bits per heavy atom. The van der Waals surface area contributed by atoms with Crippen LogP contribution in [0.3, 0.4) is 0 Å². The van der Waals surface area contributed by atoms with Gasteiger partial charge in [0.05, 0.1) is 5.60 Å². The van der Waals surface area contributed by atoms with Crippen molar-refractivity contribution in [3.05, 3.63) is 59.7 Å². The van der Waals surface area contributed by atoms with Crippen molar-refractivity contribution in [2.24, 2.45) is 5.92 Å². The Morgan fingerprint density at radius 2 is 1.92 bits per heavy atom. The second-order valence-corrected chi connectivity index (χ2v) is 6.91. The van der Waals surface area contributed by atoms with Crippen LogP contribution in [-0.4, -0.2) is 40.2 Å². The number of aliphatic hydroxyl groups is 1. The number of hydrogen-bond donors (Lipinski definition) is 2. The first-order valence-electron chi connectivity index (χ1n) is 8.62. The molecule has 4 heteroatoms. The Labute approximate surface area is 143 Å². The zero-order valence-electron chi connectivity index (χ0n) is 14.1. The van der Waals surface area contributed by atoms with Crippen molar-refractivity contribution in [2.75, 3.05) is 13.1 Å². The van der Waals surface area contributed by atoms with Crippen LogP contribution in [0.1, 0.15) is 31.7 Å². The molecule has 1 aliphatic heterocycles. The predicted molar refractivity (Wildman–Crippen MR) is 93.6 cm³/mol. The highest BCUT2D eigenvalue weighted by atomic mass is 16.4. The van der Waals surface area contributed by atoms with Crippen LogP contribution in [0.2, 0.25) is 0 Å². The summed E-state index contributed by atoms with van der Waals surface area (Å²) in [5.41, 5.74) is 1.03. The van der Waals surface area contributed by atoms with E-state index in [0.717, 1.165) is 17.6 Å². The number of carboxylic acids is 1. The molecule has 1 heterocycles. The van der Waals surface area contributed by atoms with E-state index in [9.17, 15) is 15.0 Å². The molecule has 128 valence electrons. The molecule has 0 radical (unpaired) electrons. The van der Waals surface area contributed by atoms with Crippen molar-refractivity contribution in [3.8, 4) is 0 Å². The number of rotatable bonds is 4. The van der Waals surface area contributed by atoms with E-state index in [0.29, 0.717) is 25.9 Å². The highest BCUT2D eigenvalue weighted by Crippen LogP contribution is 2.35. The van der Waals surface area contributed by atoms with Crippen molar-refractivity contribution < 1.29 is 15.0 Å². The van der Waals surface area contributed by atoms with E-state index in [1.807, 2.05) is 47.4 Å². The Balaban J connectivity index is 1.76. The van der Waals surface area contributed by atoms with Gasteiger partial charge in [0.2, 0.25) is 0 Å². The number of piperidine rings is 1. The van der Waals surface area contributed by atoms with Gasteiger partial charge in [-0.05, 0) is 36.3 Å². The number of hydrogen-bond acceptors (Lipinski definition) is 3. The molecule has 2 N–H and O–H groups in total. The highest BCUT2D eigenvalue weighted by molar-refractivity contribution is 5.78. The lowest BCUT2D eigenvalue weighted by atomic mass is 9.82. The first kappa shape index (κ1) is 16.9. The second kappa shape index (κ2) is 6.91. The largest absolute Gasteiger partial charge is 0.480 e. The molecular formula is C20H25NO3. The molecule has 2 aliphatic rings. The zero-order valence-corrected chi connectivity index (χ0v) is 14.1. The first-order chi connectivity index (χ1) is 11.5. The van der Waals surface area contributed by atoms with E-state index < -0.39 is 17.6 Å². The Hall–Kier alpha value is -1.91. The SMILES string of the molecule is CC1CC=CC=C1[C@H](C(=O)O)N1CCC(O)(c2ccccc2)CC1. The molecule has 1 unspecified atom stereocenters. The number of carbonyl (C=O) groups is 1. The Morgan fingerprint density at radius 1 is 1.25 bits per heavy atom. The molecule has 0 aromatic heterocycles. The van der Waals surface area contributed by atoms with Crippen LogP contribution >= 0.6 is 0 Å². The molecule has 1 aromatic rings. The van der Waals surface area contributed by atoms with E-state index in [1.54, 1.807) is 0 Å². The van der Waals surface area contributed by atoms with Gasteiger partial charge >= 0.3 is 5.97 Å². The molecule has 0 amide bonds. The lowest BCUT2D eigenvalue weighted by Crippen LogP contribution is -2.51. The summed E-state index contributed by atoms with van der Waals surface area (Å²) in [5, 5.41) is 20.7. The van der Waals surface area contributed by atoms with Gasteiger partial charge < -0.3 is 10.2 Å². The quantitative estimate of drug-likeness (QED) is 0.892. The molecule has 4 nitrogen and oxygen atoms in total. The van der Waals surface area contributed by atoms with Gasteiger partial charge in [0.15, 0.2) is 0 Å². The molecule has 2 atom stereocenters. The molecule has 1 aliphatic carbocycles. The third-order valence-electron chi connectivity index (χ3n) is 5.33. The molecule has 1 saturated heterocycles. The number of allylic oxidation sites excluding steroid dienone is 3. The summed E-state index contributed by atoms with van der Waals surface area (Å²) in [5.74, 6) is -0.556. The van der Waals surface area contributed by atoms with Crippen LogP contribution < -0.4 is 0 Å². The number of nitrogens with zero attached hydrogens (tertiary/aromatic N) is 1. The minimum Gasteiger partial charge on any atom is -0.480 e. The number of aliphatic carboxylic acids is 1. The second-order valence-electron chi connectivity index (χ2n) is 6.91. The summed E-state index contributed by atoms with van der Waals surface area (Å²) in [6, 6.07) is 9.10. The van der Waals surface area contributed by atoms with Crippen molar-refractivity contribution in [2.45, 2.75) is 37.8 Å². The van der Waals surface area contributed by atoms with Crippen LogP contribution in [0, 0.1) is 5.92 Å². The van der Waals surface area contributed by atoms with E-state index in [-0.39, 0.29) is 5.92 Å². The zero-order chi connectivity index (χ0) is 17.2. The van der Waals surface area contributed by atoms with Gasteiger partial charge in [-0.15, -0.1) is 0 Å². The fourth-order valence-corrected chi connectivity index (χ4v) is 3.82. The van der Waals surface area contributed by atoms with Crippen molar-refractivity contribution in [1.82, 2.24) is 4.90 Å². The highest BCUT2D eigenvalue weighted by Gasteiger charge is 2.39. The van der Waals surface area contributed by atoms with Crippen LogP contribution in [0.25, 0.3) is 0 Å². The molecule has 3 rings (SSSR count). The number of carboxylic acid groups (broad SMARTS) is 1. The Kier molecular flexibility index (Phi) is 4.88. The van der Waals surface area contributed by atoms with E-state index in [2.05, 4.69) is 13.0 Å². The average molecular weight is 327 g/mol. The summed E-state index contributed by atoms with van der Waals surface area (Å²) < 4.78 is 0. The summed E-state index contributed by atoms with van der Waals surface area (Å²) in [6.45, 7) is 3.24. The van der Waals surface area contributed by atoms with Gasteiger partial charge in [-0.2, -0.15) is 0 Å². The van der Waals surface area contributed by atoms with Crippen molar-refractivity contribution >= 4 is 5.97 Å². The van der Waals surface area contributed by atoms with Crippen LogP contribution in [-0.2, 0) is 10.4 Å². The summed E-state index contributed by atoms with van der Waals surface area (Å²) in [7, 11) is 0. The molecular weight excluding hydrogens is 302 g/mol. The minimum atomic E-state index is -0.854. The standard InChI is InChI=1S/C20H25NO3/c1-15-7-5-6-10-17(15)18(19(22)23)21-13-11-20(24,12-14-21)16-8-3-2-4-9-16/h2-6,8-10,15,18,24H,7,11-14H2,1H3,(H,22,23)/t15?,18-/m1/s1. The lowest BCUT2D eigenvalue weighted by molar-refractivity contribution is -0.144. The smallest absolute Gasteiger partial charge is 0.325 e. The average Bonchev–Trinajstić information content (AvgIpc) is 2.59. The van der Waals surface area contributed by atoms with Crippen LogP contribution in [0.4, 0.5) is 0 Å². The van der Waals surface area contributed by atoms with E-state index in [4.69, 9.17) is 0 Å². The number of benzene rings is 1. The molecule has 24 heavy (non-hydrogen) atoms. The van der Waals surface area contributed by atoms with E-state index >= 15 is 0 Å². The van der Waals surface area contributed by atoms with Crippen LogP contribution in [0.5, 0.6) is 0 Å². The van der Waals surface area contributed by atoms with Gasteiger partial charge in [0.1, 0.15) is 6.04 Å². The molecule has 0 bridgehead atoms. The predicted octanol–water partition coefficient (Wildman–Crippen LogP) is 2.95. The van der Waals surface area contributed by atoms with Gasteiger partial charge in [0.25, 0.3) is 0 Å². The summed E-state index contributed by atoms with van der Waals surface area (Å²) in [4.78, 5) is 13.9. The van der Waals surface area contributed by atoms with Crippen molar-refractivity contribution in [3.63, 3.8) is 0 Å². The van der Waals surface area contributed by atoms with Gasteiger partial charge in [-0.1, -0.05) is 55.5 Å². The maximum atomic E-state index is 11.9. The maximum absolute atomic E-state index is 11.9. The normalized spacial score (nSPS) is 25.1. The topological polar surface area (TPSA) is 60.8 Å². The fourth-order valence-electron chi connectivity index (χ4n) is 3.82. The summed E-state index contributed by atoms with van der Waals surface area (Å²) >= 11 is 0. The third kappa shape index (κ3) is 3.30. The monoisotopic (exact) mass is 327 g/mol. The molecule has 0 saturated carbocycles. The minimum absolute atomic E-state index is 0.242. The maximum Gasteiger partial charge on any atom is 0.325 e. The lowest BCUT2D eigenvalue weighted by Gasteiger charge is -2.42. The summed E-state index contributed by atoms with van der Waals surface area (Å²) in [6.07, 6.45) is 7.98. The van der Waals surface area contributed by atoms with Crippen LogP contribution in [0.15, 0.2) is 54.1 Å². The molecule has 1 aromatic carbocycles. The number of likely N-dealkylation sites (tertiary alicyclic amines) is 1. The van der Waals surface area contributed by atoms with Gasteiger partial charge in [-0.3, -0.25) is 9.69 Å². The Bertz CT molecular complexity index is 642.